The normalized spacial score (nSPS) is 12.5. The lowest BCUT2D eigenvalue weighted by atomic mass is 10.3. The molecule has 2 N–H and O–H groups in total. The lowest BCUT2D eigenvalue weighted by Crippen LogP contribution is -2.26. The molecule has 2 heterocycles. The van der Waals surface area contributed by atoms with Crippen LogP contribution in [0.1, 0.15) is 31.1 Å². The van der Waals surface area contributed by atoms with Crippen molar-refractivity contribution >= 4 is 21.4 Å². The second kappa shape index (κ2) is 6.31. The van der Waals surface area contributed by atoms with Crippen LogP contribution in [-0.2, 0) is 23.1 Å². The molecule has 0 radical (unpaired) electrons. The molecule has 0 aromatic carbocycles. The van der Waals surface area contributed by atoms with Crippen LogP contribution >= 0.6 is 11.3 Å². The third-order valence-electron chi connectivity index (χ3n) is 3.37. The first-order valence-electron chi connectivity index (χ1n) is 6.74. The predicted molar refractivity (Wildman–Crippen MR) is 85.7 cm³/mol. The first-order valence-corrected chi connectivity index (χ1v) is 9.12. The molecule has 0 aliphatic rings. The highest BCUT2D eigenvalue weighted by Gasteiger charge is 2.24. The average molecular weight is 327 g/mol. The van der Waals surface area contributed by atoms with Crippen LogP contribution in [-0.4, -0.2) is 24.3 Å². The molecule has 0 saturated carbocycles. The predicted octanol–water partition coefficient (Wildman–Crippen LogP) is 2.41. The summed E-state index contributed by atoms with van der Waals surface area (Å²) in [5, 5.41) is 3.90. The van der Waals surface area contributed by atoms with Gasteiger partial charge >= 0.3 is 0 Å². The molecule has 5 nitrogen and oxygen atoms in total. The summed E-state index contributed by atoms with van der Waals surface area (Å²) >= 11 is 1.56. The smallest absolute Gasteiger partial charge is 0.244 e. The van der Waals surface area contributed by atoms with Crippen molar-refractivity contribution in [3.05, 3.63) is 40.3 Å². The fourth-order valence-electron chi connectivity index (χ4n) is 2.19. The maximum Gasteiger partial charge on any atom is 0.244 e. The van der Waals surface area contributed by atoms with Crippen LogP contribution < -0.4 is 5.73 Å². The van der Waals surface area contributed by atoms with Gasteiger partial charge in [0.25, 0.3) is 0 Å². The topological polar surface area (TPSA) is 68.3 Å². The van der Waals surface area contributed by atoms with Crippen LogP contribution in [0.5, 0.6) is 0 Å². The molecule has 0 spiro atoms. The monoisotopic (exact) mass is 327 g/mol. The Labute approximate surface area is 130 Å². The number of thiophene rings is 1. The summed E-state index contributed by atoms with van der Waals surface area (Å²) < 4.78 is 28.6. The summed E-state index contributed by atoms with van der Waals surface area (Å²) in [7, 11) is -1.90. The van der Waals surface area contributed by atoms with Gasteiger partial charge in [-0.15, -0.1) is 0 Å². The van der Waals surface area contributed by atoms with Crippen molar-refractivity contribution in [3.63, 3.8) is 0 Å². The van der Waals surface area contributed by atoms with E-state index in [1.54, 1.807) is 30.6 Å². The van der Waals surface area contributed by atoms with Crippen molar-refractivity contribution in [1.29, 1.82) is 0 Å². The number of aromatic nitrogens is 1. The van der Waals surface area contributed by atoms with Crippen molar-refractivity contribution in [3.8, 4) is 0 Å². The maximum absolute atomic E-state index is 12.6. The van der Waals surface area contributed by atoms with Gasteiger partial charge in [-0.25, -0.2) is 8.42 Å². The maximum atomic E-state index is 12.6. The lowest BCUT2D eigenvalue weighted by Gasteiger charge is -2.15. The molecule has 21 heavy (non-hydrogen) atoms. The zero-order chi connectivity index (χ0) is 15.6. The molecule has 116 valence electrons. The van der Waals surface area contributed by atoms with E-state index in [4.69, 9.17) is 5.73 Å². The fraction of sp³-hybridized carbons (Fsp3) is 0.429. The second-order valence-electron chi connectivity index (χ2n) is 5.26. The summed E-state index contributed by atoms with van der Waals surface area (Å²) in [6.07, 6.45) is 1.67. The minimum atomic E-state index is -3.50. The van der Waals surface area contributed by atoms with Crippen LogP contribution in [0.4, 0.5) is 0 Å². The number of sulfonamides is 1. The number of rotatable bonds is 6. The van der Waals surface area contributed by atoms with Gasteiger partial charge in [0, 0.05) is 38.1 Å². The van der Waals surface area contributed by atoms with Crippen LogP contribution in [0.3, 0.4) is 0 Å². The van der Waals surface area contributed by atoms with Crippen molar-refractivity contribution in [2.24, 2.45) is 5.73 Å². The summed E-state index contributed by atoms with van der Waals surface area (Å²) in [6.45, 7) is 4.70. The molecule has 0 bridgehead atoms. The molecule has 0 aliphatic heterocycles. The van der Waals surface area contributed by atoms with Crippen LogP contribution in [0.15, 0.2) is 34.0 Å². The molecule has 0 fully saturated rings. The van der Waals surface area contributed by atoms with E-state index in [1.807, 2.05) is 35.2 Å². The van der Waals surface area contributed by atoms with Gasteiger partial charge in [0.2, 0.25) is 10.0 Å². The van der Waals surface area contributed by atoms with E-state index in [0.29, 0.717) is 18.0 Å². The molecule has 7 heteroatoms. The van der Waals surface area contributed by atoms with E-state index in [0.717, 1.165) is 11.3 Å². The Kier molecular flexibility index (Phi) is 4.88. The van der Waals surface area contributed by atoms with Gasteiger partial charge in [-0.1, -0.05) is 0 Å². The first-order chi connectivity index (χ1) is 9.86. The lowest BCUT2D eigenvalue weighted by molar-refractivity contribution is 0.466. The van der Waals surface area contributed by atoms with Gasteiger partial charge in [0.15, 0.2) is 0 Å². The Hall–Kier alpha value is -1.15. The highest BCUT2D eigenvalue weighted by Crippen LogP contribution is 2.22. The van der Waals surface area contributed by atoms with E-state index >= 15 is 0 Å². The molecule has 0 aliphatic carbocycles. The highest BCUT2D eigenvalue weighted by atomic mass is 32.2. The van der Waals surface area contributed by atoms with Gasteiger partial charge in [-0.05, 0) is 42.3 Å². The fourth-order valence-corrected chi connectivity index (χ4v) is 4.06. The molecule has 0 saturated heterocycles. The van der Waals surface area contributed by atoms with Crippen molar-refractivity contribution in [1.82, 2.24) is 8.87 Å². The summed E-state index contributed by atoms with van der Waals surface area (Å²) in [4.78, 5) is 0.300. The van der Waals surface area contributed by atoms with Crippen LogP contribution in [0.2, 0.25) is 0 Å². The van der Waals surface area contributed by atoms with Gasteiger partial charge in [0.05, 0.1) is 0 Å². The third kappa shape index (κ3) is 3.37. The Bertz CT molecular complexity index is 688. The molecular formula is C14H21N3O2S2. The van der Waals surface area contributed by atoms with E-state index in [-0.39, 0.29) is 6.04 Å². The van der Waals surface area contributed by atoms with Crippen LogP contribution in [0.25, 0.3) is 0 Å². The van der Waals surface area contributed by atoms with Crippen molar-refractivity contribution in [2.45, 2.75) is 37.9 Å². The largest absolute Gasteiger partial charge is 0.346 e. The summed E-state index contributed by atoms with van der Waals surface area (Å²) in [5.74, 6) is 0. The molecule has 0 unspecified atom stereocenters. The van der Waals surface area contributed by atoms with Gasteiger partial charge in [0.1, 0.15) is 4.90 Å². The molecule has 0 atom stereocenters. The SMILES string of the molecule is CC(C)n1cc(S(=O)(=O)N(C)Cc2ccsc2)cc1CN. The third-order valence-corrected chi connectivity index (χ3v) is 5.87. The quantitative estimate of drug-likeness (QED) is 0.886. The van der Waals surface area contributed by atoms with E-state index in [2.05, 4.69) is 0 Å². The van der Waals surface area contributed by atoms with Crippen molar-refractivity contribution < 1.29 is 8.42 Å². The van der Waals surface area contributed by atoms with Crippen LogP contribution in [0, 0.1) is 0 Å². The molecular weight excluding hydrogens is 306 g/mol. The van der Waals surface area contributed by atoms with Gasteiger partial charge < -0.3 is 10.3 Å². The molecule has 2 rings (SSSR count). The zero-order valence-electron chi connectivity index (χ0n) is 12.5. The molecule has 0 amide bonds. The zero-order valence-corrected chi connectivity index (χ0v) is 14.1. The Balaban J connectivity index is 2.30. The minimum Gasteiger partial charge on any atom is -0.346 e. The summed E-state index contributed by atoms with van der Waals surface area (Å²) in [6, 6.07) is 3.77. The van der Waals surface area contributed by atoms with E-state index in [9.17, 15) is 8.42 Å². The summed E-state index contributed by atoms with van der Waals surface area (Å²) in [5.41, 5.74) is 7.52. The Morgan fingerprint density at radius 3 is 2.62 bits per heavy atom. The standard InChI is InChI=1S/C14H21N3O2S2/c1-11(2)17-9-14(6-13(17)7-15)21(18,19)16(3)8-12-4-5-20-10-12/h4-6,9-11H,7-8,15H2,1-3H3. The Morgan fingerprint density at radius 1 is 1.43 bits per heavy atom. The first kappa shape index (κ1) is 16.2. The number of hydrogen-bond donors (Lipinski definition) is 1. The number of hydrogen-bond acceptors (Lipinski definition) is 4. The highest BCUT2D eigenvalue weighted by molar-refractivity contribution is 7.89. The van der Waals surface area contributed by atoms with Gasteiger partial charge in [-0.3, -0.25) is 0 Å². The van der Waals surface area contributed by atoms with E-state index < -0.39 is 10.0 Å². The van der Waals surface area contributed by atoms with E-state index in [1.165, 1.54) is 4.31 Å². The minimum absolute atomic E-state index is 0.176. The molecule has 2 aromatic rings. The van der Waals surface area contributed by atoms with Gasteiger partial charge in [-0.2, -0.15) is 15.6 Å². The second-order valence-corrected chi connectivity index (χ2v) is 8.09. The number of nitrogens with two attached hydrogens (primary N) is 1. The average Bonchev–Trinajstić information content (AvgIpc) is 3.06. The molecule has 2 aromatic heterocycles. The Morgan fingerprint density at radius 2 is 2.14 bits per heavy atom. The van der Waals surface area contributed by atoms with Crippen molar-refractivity contribution in [2.75, 3.05) is 7.05 Å². The number of nitrogens with zero attached hydrogens (tertiary/aromatic N) is 2.